The maximum atomic E-state index is 13.9. The summed E-state index contributed by atoms with van der Waals surface area (Å²) in [6, 6.07) is 5.72. The van der Waals surface area contributed by atoms with Crippen LogP contribution in [0, 0.1) is 5.92 Å². The third kappa shape index (κ3) is 4.05. The molecule has 2 aromatic rings. The molecule has 0 spiro atoms. The van der Waals surface area contributed by atoms with Gasteiger partial charge in [0.2, 0.25) is 0 Å². The van der Waals surface area contributed by atoms with Crippen molar-refractivity contribution in [3.63, 3.8) is 0 Å². The largest absolute Gasteiger partial charge is 0.495 e. The molecular weight excluding hydrogens is 417 g/mol. The SMILES string of the molecule is COc1cccnc1[C@@H]1[C@@H](C)[C@](C)(C(F)(F)F)O[C@H]1C(=O)Nc1ccnc(C(N)=O)c1. The number of halogens is 3. The lowest BCUT2D eigenvalue weighted by atomic mass is 9.78. The molecule has 1 aliphatic heterocycles. The Morgan fingerprint density at radius 1 is 1.26 bits per heavy atom. The zero-order valence-electron chi connectivity index (χ0n) is 16.9. The van der Waals surface area contributed by atoms with Gasteiger partial charge in [0.05, 0.1) is 12.8 Å². The molecule has 1 fully saturated rings. The molecule has 0 bridgehead atoms. The fourth-order valence-corrected chi connectivity index (χ4v) is 3.65. The summed E-state index contributed by atoms with van der Waals surface area (Å²) in [5.41, 5.74) is 2.79. The first-order chi connectivity index (χ1) is 14.5. The van der Waals surface area contributed by atoms with Gasteiger partial charge in [-0.05, 0) is 31.2 Å². The number of carbonyl (C=O) groups excluding carboxylic acids is 2. The fraction of sp³-hybridized carbons (Fsp3) is 0.400. The first-order valence-corrected chi connectivity index (χ1v) is 9.29. The van der Waals surface area contributed by atoms with E-state index in [1.807, 2.05) is 0 Å². The summed E-state index contributed by atoms with van der Waals surface area (Å²) in [6.45, 7) is 2.27. The normalized spacial score (nSPS) is 25.8. The standard InChI is InChI=1S/C20H21F3N4O4/c1-10-14(15-13(30-3)5-4-7-26-15)16(31-19(10,2)20(21,22)23)18(29)27-11-6-8-25-12(9-11)17(24)28/h4-10,14,16H,1-3H3,(H2,24,28)(H,25,27,29)/t10-,14+,16-,19-/m1/s1. The Morgan fingerprint density at radius 3 is 2.58 bits per heavy atom. The number of methoxy groups -OCH3 is 1. The highest BCUT2D eigenvalue weighted by molar-refractivity contribution is 5.97. The van der Waals surface area contributed by atoms with E-state index < -0.39 is 41.5 Å². The van der Waals surface area contributed by atoms with Gasteiger partial charge in [0.1, 0.15) is 17.5 Å². The van der Waals surface area contributed by atoms with Crippen LogP contribution < -0.4 is 15.8 Å². The van der Waals surface area contributed by atoms with E-state index in [2.05, 4.69) is 15.3 Å². The van der Waals surface area contributed by atoms with Crippen LogP contribution in [0.3, 0.4) is 0 Å². The van der Waals surface area contributed by atoms with E-state index in [1.165, 1.54) is 38.6 Å². The average molecular weight is 438 g/mol. The Balaban J connectivity index is 2.01. The molecule has 0 unspecified atom stereocenters. The molecule has 3 N–H and O–H groups in total. The number of pyridine rings is 2. The highest BCUT2D eigenvalue weighted by Gasteiger charge is 2.66. The first-order valence-electron chi connectivity index (χ1n) is 9.29. The molecule has 166 valence electrons. The molecule has 31 heavy (non-hydrogen) atoms. The molecular formula is C20H21F3N4O4. The van der Waals surface area contributed by atoms with E-state index >= 15 is 0 Å². The van der Waals surface area contributed by atoms with Gasteiger partial charge in [-0.25, -0.2) is 0 Å². The number of hydrogen-bond donors (Lipinski definition) is 2. The minimum atomic E-state index is -4.74. The van der Waals surface area contributed by atoms with Gasteiger partial charge >= 0.3 is 6.18 Å². The van der Waals surface area contributed by atoms with Crippen LogP contribution in [0.5, 0.6) is 5.75 Å². The summed E-state index contributed by atoms with van der Waals surface area (Å²) in [5.74, 6) is -3.63. The number of carbonyl (C=O) groups is 2. The van der Waals surface area contributed by atoms with Crippen molar-refractivity contribution in [3.05, 3.63) is 48.0 Å². The molecule has 2 amide bonds. The molecule has 3 rings (SSSR count). The Kier molecular flexibility index (Phi) is 5.90. The van der Waals surface area contributed by atoms with Crippen LogP contribution in [0.25, 0.3) is 0 Å². The minimum absolute atomic E-state index is 0.110. The number of nitrogens with zero attached hydrogens (tertiary/aromatic N) is 2. The number of anilines is 1. The molecule has 11 heteroatoms. The predicted octanol–water partition coefficient (Wildman–Crippen LogP) is 2.66. The summed E-state index contributed by atoms with van der Waals surface area (Å²) in [6.07, 6.45) is -3.62. The molecule has 1 aliphatic rings. The topological polar surface area (TPSA) is 116 Å². The zero-order valence-corrected chi connectivity index (χ0v) is 16.9. The van der Waals surface area contributed by atoms with Crippen molar-refractivity contribution in [2.75, 3.05) is 12.4 Å². The molecule has 1 saturated heterocycles. The van der Waals surface area contributed by atoms with Crippen LogP contribution in [0.4, 0.5) is 18.9 Å². The van der Waals surface area contributed by atoms with Crippen LogP contribution in [-0.4, -0.2) is 46.8 Å². The van der Waals surface area contributed by atoms with Crippen molar-refractivity contribution >= 4 is 17.5 Å². The molecule has 3 heterocycles. The minimum Gasteiger partial charge on any atom is -0.495 e. The van der Waals surface area contributed by atoms with Crippen molar-refractivity contribution in [3.8, 4) is 5.75 Å². The number of rotatable bonds is 5. The molecule has 0 saturated carbocycles. The van der Waals surface area contributed by atoms with Crippen molar-refractivity contribution < 1.29 is 32.2 Å². The quantitative estimate of drug-likeness (QED) is 0.742. The van der Waals surface area contributed by atoms with Gasteiger partial charge in [0, 0.05) is 29.9 Å². The Bertz CT molecular complexity index is 1000. The number of nitrogens with two attached hydrogens (primary N) is 1. The zero-order chi connectivity index (χ0) is 23.0. The third-order valence-corrected chi connectivity index (χ3v) is 5.54. The van der Waals surface area contributed by atoms with Crippen LogP contribution in [0.15, 0.2) is 36.7 Å². The van der Waals surface area contributed by atoms with Gasteiger partial charge in [-0.2, -0.15) is 13.2 Å². The van der Waals surface area contributed by atoms with Crippen LogP contribution in [-0.2, 0) is 9.53 Å². The summed E-state index contributed by atoms with van der Waals surface area (Å²) in [4.78, 5) is 32.3. The fourth-order valence-electron chi connectivity index (χ4n) is 3.65. The van der Waals surface area contributed by atoms with Gasteiger partial charge < -0.3 is 20.5 Å². The lowest BCUT2D eigenvalue weighted by Crippen LogP contribution is -2.47. The van der Waals surface area contributed by atoms with E-state index in [0.717, 1.165) is 6.92 Å². The number of primary amides is 1. The second-order valence-electron chi connectivity index (χ2n) is 7.33. The molecule has 0 radical (unpaired) electrons. The van der Waals surface area contributed by atoms with Crippen LogP contribution >= 0.6 is 0 Å². The van der Waals surface area contributed by atoms with E-state index in [1.54, 1.807) is 12.1 Å². The lowest BCUT2D eigenvalue weighted by molar-refractivity contribution is -0.272. The van der Waals surface area contributed by atoms with Crippen LogP contribution in [0.2, 0.25) is 0 Å². The van der Waals surface area contributed by atoms with Gasteiger partial charge in [0.25, 0.3) is 11.8 Å². The maximum absolute atomic E-state index is 13.9. The highest BCUT2D eigenvalue weighted by atomic mass is 19.4. The predicted molar refractivity (Wildman–Crippen MR) is 103 cm³/mol. The van der Waals surface area contributed by atoms with Crippen molar-refractivity contribution in [2.45, 2.75) is 37.6 Å². The molecule has 0 aromatic carbocycles. The molecule has 2 aromatic heterocycles. The van der Waals surface area contributed by atoms with E-state index in [0.29, 0.717) is 0 Å². The van der Waals surface area contributed by atoms with Gasteiger partial charge in [-0.1, -0.05) is 6.92 Å². The van der Waals surface area contributed by atoms with E-state index in [9.17, 15) is 22.8 Å². The second-order valence-corrected chi connectivity index (χ2v) is 7.33. The number of hydrogen-bond acceptors (Lipinski definition) is 6. The van der Waals surface area contributed by atoms with Gasteiger partial charge in [-0.15, -0.1) is 0 Å². The summed E-state index contributed by atoms with van der Waals surface area (Å²) < 4.78 is 52.3. The Labute approximate surface area is 176 Å². The number of aromatic nitrogens is 2. The Morgan fingerprint density at radius 2 is 1.97 bits per heavy atom. The average Bonchev–Trinajstić information content (AvgIpc) is 3.00. The third-order valence-electron chi connectivity index (χ3n) is 5.54. The van der Waals surface area contributed by atoms with Gasteiger partial charge in [-0.3, -0.25) is 19.6 Å². The van der Waals surface area contributed by atoms with E-state index in [4.69, 9.17) is 15.2 Å². The number of amides is 2. The Hall–Kier alpha value is -3.21. The maximum Gasteiger partial charge on any atom is 0.417 e. The number of alkyl halides is 3. The highest BCUT2D eigenvalue weighted by Crippen LogP contribution is 2.54. The van der Waals surface area contributed by atoms with Gasteiger partial charge in [0.15, 0.2) is 5.60 Å². The number of ether oxygens (including phenoxy) is 2. The molecule has 8 nitrogen and oxygen atoms in total. The van der Waals surface area contributed by atoms with Crippen molar-refractivity contribution in [1.29, 1.82) is 0 Å². The second kappa shape index (κ2) is 8.14. The summed E-state index contributed by atoms with van der Waals surface area (Å²) >= 11 is 0. The monoisotopic (exact) mass is 438 g/mol. The van der Waals surface area contributed by atoms with Crippen molar-refractivity contribution in [1.82, 2.24) is 9.97 Å². The van der Waals surface area contributed by atoms with E-state index in [-0.39, 0.29) is 22.8 Å². The smallest absolute Gasteiger partial charge is 0.417 e. The summed E-state index contributed by atoms with van der Waals surface area (Å²) in [7, 11) is 1.36. The number of nitrogens with one attached hydrogen (secondary N) is 1. The molecule has 0 aliphatic carbocycles. The summed E-state index contributed by atoms with van der Waals surface area (Å²) in [5, 5.41) is 2.48. The van der Waals surface area contributed by atoms with Crippen molar-refractivity contribution in [2.24, 2.45) is 11.7 Å². The molecule has 4 atom stereocenters. The lowest BCUT2D eigenvalue weighted by Gasteiger charge is -2.31. The van der Waals surface area contributed by atoms with Crippen LogP contribution in [0.1, 0.15) is 35.9 Å². The first kappa shape index (κ1) is 22.5.